The molecule has 90 valence electrons. The van der Waals surface area contributed by atoms with E-state index >= 15 is 0 Å². The van der Waals surface area contributed by atoms with Crippen LogP contribution in [-0.2, 0) is 0 Å². The van der Waals surface area contributed by atoms with Crippen LogP contribution in [0.3, 0.4) is 0 Å². The molecule has 4 heteroatoms. The molecule has 1 atom stereocenters. The zero-order valence-electron chi connectivity index (χ0n) is 9.45. The Balaban J connectivity index is 3.24. The lowest BCUT2D eigenvalue weighted by molar-refractivity contribution is 0.332. The zero-order valence-corrected chi connectivity index (χ0v) is 11.0. The summed E-state index contributed by atoms with van der Waals surface area (Å²) in [6, 6.07) is 1.41. The van der Waals surface area contributed by atoms with Crippen LogP contribution in [0.1, 0.15) is 37.6 Å². The molecule has 1 rings (SSSR count). The van der Waals surface area contributed by atoms with E-state index in [4.69, 9.17) is 0 Å². The first-order chi connectivity index (χ1) is 7.29. The summed E-state index contributed by atoms with van der Waals surface area (Å²) in [6.07, 6.45) is 0.749. The van der Waals surface area contributed by atoms with Gasteiger partial charge in [-0.15, -0.1) is 0 Å². The van der Waals surface area contributed by atoms with Gasteiger partial charge in [0.05, 0.1) is 4.83 Å². The van der Waals surface area contributed by atoms with Crippen LogP contribution in [-0.4, -0.2) is 0 Å². The smallest absolute Gasteiger partial charge is 0.133 e. The van der Waals surface area contributed by atoms with Gasteiger partial charge in [-0.25, -0.2) is 13.2 Å². The Morgan fingerprint density at radius 2 is 1.62 bits per heavy atom. The Hall–Kier alpha value is -0.510. The summed E-state index contributed by atoms with van der Waals surface area (Å²) in [4.78, 5) is -0.481. The zero-order chi connectivity index (χ0) is 12.5. The van der Waals surface area contributed by atoms with E-state index in [9.17, 15) is 13.2 Å². The summed E-state index contributed by atoms with van der Waals surface area (Å²) in [5.41, 5.74) is -0.410. The standard InChI is InChI=1S/C12H14BrF3/c1-4-12(2,3)11(13)10-8(15)5-7(14)6-9(10)16/h5-6,11H,4H2,1-3H3. The Kier molecular flexibility index (Phi) is 4.05. The summed E-state index contributed by atoms with van der Waals surface area (Å²) < 4.78 is 39.8. The maximum Gasteiger partial charge on any atom is 0.133 e. The summed E-state index contributed by atoms with van der Waals surface area (Å²) in [5.74, 6) is -2.59. The third-order valence-electron chi connectivity index (χ3n) is 2.89. The van der Waals surface area contributed by atoms with Gasteiger partial charge in [-0.2, -0.15) is 0 Å². The van der Waals surface area contributed by atoms with Crippen molar-refractivity contribution < 1.29 is 13.2 Å². The average molecular weight is 295 g/mol. The highest BCUT2D eigenvalue weighted by atomic mass is 79.9. The van der Waals surface area contributed by atoms with Crippen LogP contribution in [0.25, 0.3) is 0 Å². The minimum absolute atomic E-state index is 0.103. The fourth-order valence-corrected chi connectivity index (χ4v) is 2.13. The summed E-state index contributed by atoms with van der Waals surface area (Å²) >= 11 is 3.29. The molecule has 0 aromatic heterocycles. The van der Waals surface area contributed by atoms with E-state index in [1.807, 2.05) is 20.8 Å². The molecule has 0 bridgehead atoms. The molecule has 0 nitrogen and oxygen atoms in total. The van der Waals surface area contributed by atoms with Gasteiger partial charge in [0.15, 0.2) is 0 Å². The van der Waals surface area contributed by atoms with E-state index in [1.54, 1.807) is 0 Å². The highest BCUT2D eigenvalue weighted by molar-refractivity contribution is 9.09. The molecule has 1 aromatic rings. The van der Waals surface area contributed by atoms with E-state index in [1.165, 1.54) is 0 Å². The number of benzene rings is 1. The summed E-state index contributed by atoms with van der Waals surface area (Å²) in [7, 11) is 0. The minimum atomic E-state index is -0.896. The molecule has 0 spiro atoms. The normalized spacial score (nSPS) is 13.9. The van der Waals surface area contributed by atoms with Crippen LogP contribution >= 0.6 is 15.9 Å². The Labute approximate surface area is 102 Å². The van der Waals surface area contributed by atoms with Crippen LogP contribution < -0.4 is 0 Å². The van der Waals surface area contributed by atoms with Crippen LogP contribution in [0, 0.1) is 22.9 Å². The molecule has 0 N–H and O–H groups in total. The van der Waals surface area contributed by atoms with Gasteiger partial charge in [0.2, 0.25) is 0 Å². The van der Waals surface area contributed by atoms with Gasteiger partial charge in [-0.05, 0) is 11.8 Å². The quantitative estimate of drug-likeness (QED) is 0.690. The Morgan fingerprint density at radius 3 is 2.00 bits per heavy atom. The van der Waals surface area contributed by atoms with Crippen molar-refractivity contribution in [2.24, 2.45) is 5.41 Å². The van der Waals surface area contributed by atoms with Crippen molar-refractivity contribution in [3.8, 4) is 0 Å². The Morgan fingerprint density at radius 1 is 1.19 bits per heavy atom. The van der Waals surface area contributed by atoms with Crippen molar-refractivity contribution in [2.75, 3.05) is 0 Å². The minimum Gasteiger partial charge on any atom is -0.207 e. The molecule has 0 aliphatic carbocycles. The molecule has 16 heavy (non-hydrogen) atoms. The second-order valence-electron chi connectivity index (χ2n) is 4.49. The highest BCUT2D eigenvalue weighted by Gasteiger charge is 2.31. The first kappa shape index (κ1) is 13.6. The predicted octanol–water partition coefficient (Wildman–Crippen LogP) is 4.98. The molecule has 0 amide bonds. The molecule has 0 radical (unpaired) electrons. The van der Waals surface area contributed by atoms with Crippen molar-refractivity contribution in [3.63, 3.8) is 0 Å². The molecular formula is C12H14BrF3. The van der Waals surface area contributed by atoms with Crippen LogP contribution in [0.2, 0.25) is 0 Å². The van der Waals surface area contributed by atoms with Crippen molar-refractivity contribution in [2.45, 2.75) is 32.0 Å². The molecule has 0 fully saturated rings. The summed E-state index contributed by atoms with van der Waals surface area (Å²) in [5, 5.41) is 0. The van der Waals surface area contributed by atoms with Gasteiger partial charge in [0.25, 0.3) is 0 Å². The van der Waals surface area contributed by atoms with Gasteiger partial charge in [0, 0.05) is 17.7 Å². The molecule has 1 unspecified atom stereocenters. The first-order valence-corrected chi connectivity index (χ1v) is 5.99. The van der Waals surface area contributed by atoms with Gasteiger partial charge >= 0.3 is 0 Å². The number of rotatable bonds is 3. The largest absolute Gasteiger partial charge is 0.207 e. The van der Waals surface area contributed by atoms with Crippen molar-refractivity contribution in [3.05, 3.63) is 35.1 Å². The molecular weight excluding hydrogens is 281 g/mol. The molecule has 0 aliphatic heterocycles. The Bertz CT molecular complexity index is 365. The average Bonchev–Trinajstić information content (AvgIpc) is 2.15. The monoisotopic (exact) mass is 294 g/mol. The van der Waals surface area contributed by atoms with Crippen molar-refractivity contribution >= 4 is 15.9 Å². The van der Waals surface area contributed by atoms with Crippen LogP contribution in [0.4, 0.5) is 13.2 Å². The van der Waals surface area contributed by atoms with E-state index in [0.717, 1.165) is 6.42 Å². The SMILES string of the molecule is CCC(C)(C)C(Br)c1c(F)cc(F)cc1F. The lowest BCUT2D eigenvalue weighted by atomic mass is 9.83. The van der Waals surface area contributed by atoms with E-state index in [2.05, 4.69) is 15.9 Å². The van der Waals surface area contributed by atoms with E-state index in [-0.39, 0.29) is 11.0 Å². The van der Waals surface area contributed by atoms with Crippen molar-refractivity contribution in [1.82, 2.24) is 0 Å². The van der Waals surface area contributed by atoms with Gasteiger partial charge in [-0.1, -0.05) is 36.7 Å². The maximum atomic E-state index is 13.5. The number of hydrogen-bond acceptors (Lipinski definition) is 0. The first-order valence-electron chi connectivity index (χ1n) is 5.08. The maximum absolute atomic E-state index is 13.5. The predicted molar refractivity (Wildman–Crippen MR) is 62.1 cm³/mol. The van der Waals surface area contributed by atoms with Crippen LogP contribution in [0.5, 0.6) is 0 Å². The highest BCUT2D eigenvalue weighted by Crippen LogP contribution is 2.44. The molecule has 0 aliphatic rings. The van der Waals surface area contributed by atoms with Gasteiger partial charge in [-0.3, -0.25) is 0 Å². The number of hydrogen-bond donors (Lipinski definition) is 0. The molecule has 0 heterocycles. The molecule has 0 saturated carbocycles. The lowest BCUT2D eigenvalue weighted by Gasteiger charge is -2.29. The van der Waals surface area contributed by atoms with Crippen molar-refractivity contribution in [1.29, 1.82) is 0 Å². The fourth-order valence-electron chi connectivity index (χ4n) is 1.37. The fraction of sp³-hybridized carbons (Fsp3) is 0.500. The third kappa shape index (κ3) is 2.59. The number of halogens is 4. The second-order valence-corrected chi connectivity index (χ2v) is 5.40. The van der Waals surface area contributed by atoms with Crippen LogP contribution in [0.15, 0.2) is 12.1 Å². The topological polar surface area (TPSA) is 0 Å². The van der Waals surface area contributed by atoms with E-state index in [0.29, 0.717) is 12.1 Å². The summed E-state index contributed by atoms with van der Waals surface area (Å²) in [6.45, 7) is 5.73. The van der Waals surface area contributed by atoms with Gasteiger partial charge in [0.1, 0.15) is 17.5 Å². The molecule has 1 aromatic carbocycles. The second kappa shape index (κ2) is 4.78. The van der Waals surface area contributed by atoms with Gasteiger partial charge < -0.3 is 0 Å². The lowest BCUT2D eigenvalue weighted by Crippen LogP contribution is -2.19. The molecule has 0 saturated heterocycles. The third-order valence-corrected chi connectivity index (χ3v) is 4.59. The number of alkyl halides is 1. The van der Waals surface area contributed by atoms with E-state index < -0.39 is 22.3 Å².